The number of aliphatic hydroxyl groups is 1. The maximum atomic E-state index is 9.06. The molecule has 0 aliphatic rings. The van der Waals surface area contributed by atoms with Gasteiger partial charge in [-0.25, -0.2) is 0 Å². The number of hydrogen-bond acceptors (Lipinski definition) is 3. The number of rotatable bonds is 5. The maximum absolute atomic E-state index is 9.06. The van der Waals surface area contributed by atoms with Crippen LogP contribution in [0.1, 0.15) is 31.2 Å². The first-order valence-corrected chi connectivity index (χ1v) is 5.53. The molecule has 1 aromatic heterocycles. The van der Waals surface area contributed by atoms with E-state index in [0.717, 1.165) is 13.0 Å². The van der Waals surface area contributed by atoms with Gasteiger partial charge in [-0.05, 0) is 38.3 Å². The van der Waals surface area contributed by atoms with Crippen molar-refractivity contribution >= 4 is 11.3 Å². The first-order chi connectivity index (χ1) is 6.20. The Balaban J connectivity index is 2.22. The van der Waals surface area contributed by atoms with Gasteiger partial charge in [-0.15, -0.1) is 11.3 Å². The summed E-state index contributed by atoms with van der Waals surface area (Å²) in [7, 11) is 0. The Bertz CT molecular complexity index is 221. The van der Waals surface area contributed by atoms with E-state index in [0.29, 0.717) is 6.04 Å². The molecule has 1 unspecified atom stereocenters. The first kappa shape index (κ1) is 10.7. The molecular weight excluding hydrogens is 182 g/mol. The largest absolute Gasteiger partial charge is 0.393 e. The lowest BCUT2D eigenvalue weighted by atomic mass is 10.2. The van der Waals surface area contributed by atoms with E-state index in [1.54, 1.807) is 11.3 Å². The molecule has 0 aliphatic carbocycles. The van der Waals surface area contributed by atoms with Crippen molar-refractivity contribution < 1.29 is 5.11 Å². The smallest absolute Gasteiger partial charge is 0.0524 e. The van der Waals surface area contributed by atoms with Crippen LogP contribution in [0.5, 0.6) is 0 Å². The number of aliphatic hydroxyl groups excluding tert-OH is 1. The van der Waals surface area contributed by atoms with Gasteiger partial charge in [0.05, 0.1) is 6.10 Å². The third-order valence-corrected chi connectivity index (χ3v) is 3.04. The zero-order chi connectivity index (χ0) is 9.68. The standard InChI is InChI=1S/C10H17NOS/c1-8(12)5-6-11-9(2)10-4-3-7-13-10/h3-4,7-9,11-12H,5-6H2,1-2H3/t8?,9-/m1/s1. The zero-order valence-corrected chi connectivity index (χ0v) is 8.97. The molecule has 0 fully saturated rings. The first-order valence-electron chi connectivity index (χ1n) is 4.65. The molecule has 0 radical (unpaired) electrons. The van der Waals surface area contributed by atoms with E-state index in [1.165, 1.54) is 4.88 Å². The molecule has 2 nitrogen and oxygen atoms in total. The summed E-state index contributed by atoms with van der Waals surface area (Å²) in [6.07, 6.45) is 0.610. The third kappa shape index (κ3) is 3.89. The molecule has 74 valence electrons. The van der Waals surface area contributed by atoms with Gasteiger partial charge in [-0.2, -0.15) is 0 Å². The third-order valence-electron chi connectivity index (χ3n) is 1.98. The maximum Gasteiger partial charge on any atom is 0.0524 e. The summed E-state index contributed by atoms with van der Waals surface area (Å²) >= 11 is 1.76. The molecule has 0 amide bonds. The second-order valence-electron chi connectivity index (χ2n) is 3.33. The highest BCUT2D eigenvalue weighted by Gasteiger charge is 2.05. The molecule has 0 aromatic carbocycles. The van der Waals surface area contributed by atoms with E-state index >= 15 is 0 Å². The lowest BCUT2D eigenvalue weighted by Crippen LogP contribution is -2.21. The summed E-state index contributed by atoms with van der Waals surface area (Å²) in [5.74, 6) is 0. The Kier molecular flexibility index (Phi) is 4.42. The van der Waals surface area contributed by atoms with Gasteiger partial charge in [0.2, 0.25) is 0 Å². The quantitative estimate of drug-likeness (QED) is 0.761. The minimum Gasteiger partial charge on any atom is -0.393 e. The van der Waals surface area contributed by atoms with Crippen LogP contribution in [0, 0.1) is 0 Å². The minimum atomic E-state index is -0.206. The van der Waals surface area contributed by atoms with Crippen molar-refractivity contribution in [3.8, 4) is 0 Å². The lowest BCUT2D eigenvalue weighted by Gasteiger charge is -2.12. The van der Waals surface area contributed by atoms with Crippen molar-refractivity contribution in [3.63, 3.8) is 0 Å². The van der Waals surface area contributed by atoms with Crippen molar-refractivity contribution in [2.45, 2.75) is 32.4 Å². The van der Waals surface area contributed by atoms with Crippen LogP contribution in [-0.4, -0.2) is 17.8 Å². The molecule has 2 N–H and O–H groups in total. The fourth-order valence-electron chi connectivity index (χ4n) is 1.15. The fraction of sp³-hybridized carbons (Fsp3) is 0.600. The van der Waals surface area contributed by atoms with Gasteiger partial charge in [-0.1, -0.05) is 6.07 Å². The Labute approximate surface area is 83.6 Å². The van der Waals surface area contributed by atoms with Gasteiger partial charge in [0.15, 0.2) is 0 Å². The van der Waals surface area contributed by atoms with Crippen molar-refractivity contribution in [1.29, 1.82) is 0 Å². The predicted molar refractivity (Wildman–Crippen MR) is 57.0 cm³/mol. The molecule has 0 spiro atoms. The Morgan fingerprint density at radius 3 is 2.85 bits per heavy atom. The monoisotopic (exact) mass is 199 g/mol. The normalized spacial score (nSPS) is 15.6. The van der Waals surface area contributed by atoms with Crippen molar-refractivity contribution in [1.82, 2.24) is 5.32 Å². The summed E-state index contributed by atoms with van der Waals surface area (Å²) in [5, 5.41) is 14.5. The predicted octanol–water partition coefficient (Wildman–Crippen LogP) is 2.17. The molecule has 1 heterocycles. The Morgan fingerprint density at radius 2 is 2.31 bits per heavy atom. The highest BCUT2D eigenvalue weighted by atomic mass is 32.1. The topological polar surface area (TPSA) is 32.3 Å². The van der Waals surface area contributed by atoms with E-state index < -0.39 is 0 Å². The van der Waals surface area contributed by atoms with Crippen LogP contribution in [0.4, 0.5) is 0 Å². The summed E-state index contributed by atoms with van der Waals surface area (Å²) in [4.78, 5) is 1.35. The van der Waals surface area contributed by atoms with Gasteiger partial charge in [0.1, 0.15) is 0 Å². The van der Waals surface area contributed by atoms with Gasteiger partial charge in [0, 0.05) is 10.9 Å². The second kappa shape index (κ2) is 5.37. The molecule has 3 heteroatoms. The molecule has 0 bridgehead atoms. The molecule has 0 saturated heterocycles. The Hall–Kier alpha value is -0.380. The van der Waals surface area contributed by atoms with Gasteiger partial charge in [-0.3, -0.25) is 0 Å². The highest BCUT2D eigenvalue weighted by molar-refractivity contribution is 7.10. The fourth-order valence-corrected chi connectivity index (χ4v) is 1.91. The second-order valence-corrected chi connectivity index (χ2v) is 4.31. The molecule has 0 saturated carbocycles. The molecule has 2 atom stereocenters. The Morgan fingerprint density at radius 1 is 1.54 bits per heavy atom. The summed E-state index contributed by atoms with van der Waals surface area (Å²) in [6, 6.07) is 4.59. The average molecular weight is 199 g/mol. The van der Waals surface area contributed by atoms with Crippen LogP contribution < -0.4 is 5.32 Å². The van der Waals surface area contributed by atoms with E-state index in [1.807, 2.05) is 6.92 Å². The van der Waals surface area contributed by atoms with E-state index in [9.17, 15) is 0 Å². The lowest BCUT2D eigenvalue weighted by molar-refractivity contribution is 0.182. The number of nitrogens with one attached hydrogen (secondary N) is 1. The average Bonchev–Trinajstić information content (AvgIpc) is 2.55. The summed E-state index contributed by atoms with van der Waals surface area (Å²) < 4.78 is 0. The van der Waals surface area contributed by atoms with E-state index in [2.05, 4.69) is 29.8 Å². The SMILES string of the molecule is CC(O)CCN[C@H](C)c1cccs1. The molecule has 1 aromatic rings. The van der Waals surface area contributed by atoms with Crippen LogP contribution in [0.15, 0.2) is 17.5 Å². The summed E-state index contributed by atoms with van der Waals surface area (Å²) in [5.41, 5.74) is 0. The zero-order valence-electron chi connectivity index (χ0n) is 8.16. The molecule has 13 heavy (non-hydrogen) atoms. The minimum absolute atomic E-state index is 0.206. The molecule has 1 rings (SSSR count). The van der Waals surface area contributed by atoms with Crippen molar-refractivity contribution in [3.05, 3.63) is 22.4 Å². The van der Waals surface area contributed by atoms with Crippen LogP contribution in [0.2, 0.25) is 0 Å². The van der Waals surface area contributed by atoms with E-state index in [-0.39, 0.29) is 6.10 Å². The molecular formula is C10H17NOS. The van der Waals surface area contributed by atoms with Crippen molar-refractivity contribution in [2.75, 3.05) is 6.54 Å². The number of hydrogen-bond donors (Lipinski definition) is 2. The van der Waals surface area contributed by atoms with Crippen molar-refractivity contribution in [2.24, 2.45) is 0 Å². The van der Waals surface area contributed by atoms with Gasteiger partial charge < -0.3 is 10.4 Å². The van der Waals surface area contributed by atoms with Gasteiger partial charge >= 0.3 is 0 Å². The van der Waals surface area contributed by atoms with Crippen LogP contribution in [-0.2, 0) is 0 Å². The molecule has 0 aliphatic heterocycles. The van der Waals surface area contributed by atoms with Crippen LogP contribution in [0.25, 0.3) is 0 Å². The number of thiophene rings is 1. The van der Waals surface area contributed by atoms with E-state index in [4.69, 9.17) is 5.11 Å². The highest BCUT2D eigenvalue weighted by Crippen LogP contribution is 2.17. The van der Waals surface area contributed by atoms with Gasteiger partial charge in [0.25, 0.3) is 0 Å². The summed E-state index contributed by atoms with van der Waals surface area (Å²) in [6.45, 7) is 4.84. The van der Waals surface area contributed by atoms with Crippen LogP contribution in [0.3, 0.4) is 0 Å². The van der Waals surface area contributed by atoms with Crippen LogP contribution >= 0.6 is 11.3 Å².